The maximum absolute atomic E-state index is 14.4. The maximum Gasteiger partial charge on any atom is 0.305 e. The Balaban J connectivity index is 1.82. The van der Waals surface area contributed by atoms with Crippen molar-refractivity contribution in [3.05, 3.63) is 29.6 Å². The van der Waals surface area contributed by atoms with Gasteiger partial charge in [0.15, 0.2) is 0 Å². The Kier molecular flexibility index (Phi) is 6.05. The van der Waals surface area contributed by atoms with E-state index >= 15 is 0 Å². The molecule has 1 N–H and O–H groups in total. The number of hydrogen-bond donors (Lipinski definition) is 1. The topological polar surface area (TPSA) is 87.2 Å². The number of carbonyl (C=O) groups is 3. The lowest BCUT2D eigenvalue weighted by molar-refractivity contribution is -0.137. The van der Waals surface area contributed by atoms with Gasteiger partial charge < -0.3 is 19.6 Å². The van der Waals surface area contributed by atoms with Crippen LogP contribution >= 0.6 is 0 Å². The van der Waals surface area contributed by atoms with Crippen molar-refractivity contribution >= 4 is 23.5 Å². The monoisotopic (exact) mass is 378 g/mol. The number of nitrogens with zero attached hydrogens (tertiary/aromatic N) is 2. The summed E-state index contributed by atoms with van der Waals surface area (Å²) in [5, 5.41) is 8.96. The summed E-state index contributed by atoms with van der Waals surface area (Å²) in [6.07, 6.45) is 2.42. The molecule has 0 aliphatic carbocycles. The average Bonchev–Trinajstić information content (AvgIpc) is 3.30. The number of rotatable bonds is 7. The number of anilines is 1. The summed E-state index contributed by atoms with van der Waals surface area (Å²) in [7, 11) is 0. The Labute approximate surface area is 156 Å². The van der Waals surface area contributed by atoms with E-state index in [0.717, 1.165) is 19.3 Å². The Bertz CT molecular complexity index is 733. The normalized spacial score (nSPS) is 19.5. The van der Waals surface area contributed by atoms with Gasteiger partial charge in [0.05, 0.1) is 18.1 Å². The second-order valence-electron chi connectivity index (χ2n) is 6.84. The van der Waals surface area contributed by atoms with Crippen molar-refractivity contribution in [1.29, 1.82) is 0 Å². The molecule has 0 aromatic heterocycles. The van der Waals surface area contributed by atoms with Gasteiger partial charge in [0.1, 0.15) is 5.82 Å². The first-order valence-electron chi connectivity index (χ1n) is 9.18. The van der Waals surface area contributed by atoms with Crippen LogP contribution in [0.1, 0.15) is 42.5 Å². The Morgan fingerprint density at radius 1 is 1.33 bits per heavy atom. The van der Waals surface area contributed by atoms with Crippen molar-refractivity contribution in [2.75, 3.05) is 31.1 Å². The standard InChI is InChI=1S/C19H23FN2O5/c20-16-6-5-13(22-8-1-4-17(22)23)11-15(16)19(26)21(9-7-18(24)25)12-14-3-2-10-27-14/h5-6,11,14H,1-4,7-10,12H2,(H,24,25)/t14-/m0/s1. The molecule has 2 amide bonds. The van der Waals surface area contributed by atoms with Gasteiger partial charge in [0.25, 0.3) is 5.91 Å². The molecule has 0 spiro atoms. The minimum Gasteiger partial charge on any atom is -0.481 e. The first-order chi connectivity index (χ1) is 13.0. The maximum atomic E-state index is 14.4. The van der Waals surface area contributed by atoms with Gasteiger partial charge in [-0.15, -0.1) is 0 Å². The Morgan fingerprint density at radius 3 is 2.78 bits per heavy atom. The number of carbonyl (C=O) groups excluding carboxylic acids is 2. The summed E-state index contributed by atoms with van der Waals surface area (Å²) in [4.78, 5) is 38.7. The molecule has 3 rings (SSSR count). The van der Waals surface area contributed by atoms with E-state index in [2.05, 4.69) is 0 Å². The second-order valence-corrected chi connectivity index (χ2v) is 6.84. The van der Waals surface area contributed by atoms with Crippen molar-refractivity contribution in [3.8, 4) is 0 Å². The van der Waals surface area contributed by atoms with E-state index in [-0.39, 0.29) is 37.1 Å². The number of ether oxygens (including phenoxy) is 1. The molecule has 1 aromatic carbocycles. The molecule has 2 aliphatic rings. The molecule has 1 aromatic rings. The van der Waals surface area contributed by atoms with Crippen LogP contribution in [0.25, 0.3) is 0 Å². The quantitative estimate of drug-likeness (QED) is 0.785. The van der Waals surface area contributed by atoms with Crippen LogP contribution in [0.15, 0.2) is 18.2 Å². The smallest absolute Gasteiger partial charge is 0.305 e. The highest BCUT2D eigenvalue weighted by atomic mass is 19.1. The summed E-state index contributed by atoms with van der Waals surface area (Å²) in [6.45, 7) is 1.34. The van der Waals surface area contributed by atoms with Crippen molar-refractivity contribution in [2.24, 2.45) is 0 Å². The minimum absolute atomic E-state index is 0.0274. The molecule has 7 nitrogen and oxygen atoms in total. The number of aliphatic carboxylic acids is 1. The average molecular weight is 378 g/mol. The van der Waals surface area contributed by atoms with Gasteiger partial charge in [-0.2, -0.15) is 0 Å². The molecule has 0 saturated carbocycles. The molecule has 8 heteroatoms. The zero-order valence-electron chi connectivity index (χ0n) is 15.0. The van der Waals surface area contributed by atoms with Crippen molar-refractivity contribution in [3.63, 3.8) is 0 Å². The first kappa shape index (κ1) is 19.3. The van der Waals surface area contributed by atoms with E-state index in [1.807, 2.05) is 0 Å². The number of halogens is 1. The van der Waals surface area contributed by atoms with Crippen molar-refractivity contribution < 1.29 is 28.6 Å². The fraction of sp³-hybridized carbons (Fsp3) is 0.526. The summed E-state index contributed by atoms with van der Waals surface area (Å²) in [5.41, 5.74) is 0.327. The van der Waals surface area contributed by atoms with Crippen LogP contribution in [0.5, 0.6) is 0 Å². The van der Waals surface area contributed by atoms with Gasteiger partial charge in [-0.05, 0) is 37.5 Å². The molecule has 27 heavy (non-hydrogen) atoms. The lowest BCUT2D eigenvalue weighted by atomic mass is 10.1. The molecule has 2 heterocycles. The molecule has 146 valence electrons. The van der Waals surface area contributed by atoms with Crippen molar-refractivity contribution in [1.82, 2.24) is 4.90 Å². The van der Waals surface area contributed by atoms with E-state index in [9.17, 15) is 18.8 Å². The third-order valence-corrected chi connectivity index (χ3v) is 4.90. The van der Waals surface area contributed by atoms with Crippen LogP contribution in [-0.4, -0.2) is 60.1 Å². The number of hydrogen-bond acceptors (Lipinski definition) is 4. The van der Waals surface area contributed by atoms with Gasteiger partial charge in [0, 0.05) is 38.3 Å². The van der Waals surface area contributed by atoms with Crippen LogP contribution in [0, 0.1) is 5.82 Å². The summed E-state index contributed by atoms with van der Waals surface area (Å²) in [6, 6.07) is 4.04. The largest absolute Gasteiger partial charge is 0.481 e. The second kappa shape index (κ2) is 8.47. The molecule has 2 saturated heterocycles. The van der Waals surface area contributed by atoms with Crippen molar-refractivity contribution in [2.45, 2.75) is 38.2 Å². The van der Waals surface area contributed by atoms with E-state index in [1.165, 1.54) is 28.0 Å². The van der Waals surface area contributed by atoms with Crippen LogP contribution in [0.3, 0.4) is 0 Å². The Hall–Kier alpha value is -2.48. The number of amides is 2. The van der Waals surface area contributed by atoms with Gasteiger partial charge >= 0.3 is 5.97 Å². The summed E-state index contributed by atoms with van der Waals surface area (Å²) >= 11 is 0. The molecule has 1 atom stereocenters. The van der Waals surface area contributed by atoms with E-state index < -0.39 is 17.7 Å². The fourth-order valence-electron chi connectivity index (χ4n) is 3.48. The summed E-state index contributed by atoms with van der Waals surface area (Å²) < 4.78 is 19.9. The lowest BCUT2D eigenvalue weighted by Crippen LogP contribution is -2.39. The molecular formula is C19H23FN2O5. The zero-order chi connectivity index (χ0) is 19.4. The minimum atomic E-state index is -1.03. The molecule has 0 unspecified atom stereocenters. The molecule has 0 bridgehead atoms. The van der Waals surface area contributed by atoms with E-state index in [4.69, 9.17) is 9.84 Å². The van der Waals surface area contributed by atoms with Crippen LogP contribution in [0.4, 0.5) is 10.1 Å². The van der Waals surface area contributed by atoms with Gasteiger partial charge in [0.2, 0.25) is 5.91 Å². The third-order valence-electron chi connectivity index (χ3n) is 4.90. The lowest BCUT2D eigenvalue weighted by Gasteiger charge is -2.26. The zero-order valence-corrected chi connectivity index (χ0v) is 15.0. The van der Waals surface area contributed by atoms with Gasteiger partial charge in [-0.1, -0.05) is 0 Å². The molecule has 0 radical (unpaired) electrons. The van der Waals surface area contributed by atoms with Gasteiger partial charge in [-0.3, -0.25) is 14.4 Å². The van der Waals surface area contributed by atoms with E-state index in [0.29, 0.717) is 25.3 Å². The molecule has 2 fully saturated rings. The van der Waals surface area contributed by atoms with Crippen LogP contribution in [-0.2, 0) is 14.3 Å². The van der Waals surface area contributed by atoms with Crippen LogP contribution in [0.2, 0.25) is 0 Å². The SMILES string of the molecule is O=C(O)CCN(C[C@@H]1CCCO1)C(=O)c1cc(N2CCCC2=O)ccc1F. The third kappa shape index (κ3) is 4.63. The predicted octanol–water partition coefficient (Wildman–Crippen LogP) is 2.05. The van der Waals surface area contributed by atoms with Crippen LogP contribution < -0.4 is 4.90 Å². The number of carboxylic acids is 1. The predicted molar refractivity (Wildman–Crippen MR) is 95.1 cm³/mol. The molecule has 2 aliphatic heterocycles. The summed E-state index contributed by atoms with van der Waals surface area (Å²) in [5.74, 6) is -2.36. The number of carboxylic acid groups (broad SMARTS) is 1. The number of benzene rings is 1. The van der Waals surface area contributed by atoms with E-state index in [1.54, 1.807) is 0 Å². The highest BCUT2D eigenvalue weighted by molar-refractivity contribution is 5.99. The fourth-order valence-corrected chi connectivity index (χ4v) is 3.48. The molecular weight excluding hydrogens is 355 g/mol. The highest BCUT2D eigenvalue weighted by Gasteiger charge is 2.28. The first-order valence-corrected chi connectivity index (χ1v) is 9.18. The Morgan fingerprint density at radius 2 is 2.15 bits per heavy atom. The van der Waals surface area contributed by atoms with Gasteiger partial charge in [-0.25, -0.2) is 4.39 Å². The highest BCUT2D eigenvalue weighted by Crippen LogP contribution is 2.25.